The van der Waals surface area contributed by atoms with E-state index in [1.165, 1.54) is 0 Å². The summed E-state index contributed by atoms with van der Waals surface area (Å²) in [6.45, 7) is 6.75. The molecule has 1 saturated heterocycles. The van der Waals surface area contributed by atoms with Crippen molar-refractivity contribution in [2.45, 2.75) is 45.3 Å². The molecule has 1 aliphatic heterocycles. The van der Waals surface area contributed by atoms with Gasteiger partial charge in [0.15, 0.2) is 0 Å². The molecule has 0 aliphatic carbocycles. The van der Waals surface area contributed by atoms with E-state index in [0.717, 1.165) is 12.0 Å². The zero-order chi connectivity index (χ0) is 16.3. The smallest absolute Gasteiger partial charge is 0.410 e. The lowest BCUT2D eigenvalue weighted by Crippen LogP contribution is -2.41. The Balaban J connectivity index is 1.86. The highest BCUT2D eigenvalue weighted by atomic mass is 32.1. The van der Waals surface area contributed by atoms with E-state index in [2.05, 4.69) is 0 Å². The zero-order valence-electron chi connectivity index (χ0n) is 13.7. The van der Waals surface area contributed by atoms with Crippen molar-refractivity contribution < 1.29 is 14.3 Å². The Hall–Kier alpha value is -1.56. The third-order valence-corrected chi connectivity index (χ3v) is 4.42. The van der Waals surface area contributed by atoms with Crippen LogP contribution in [0.15, 0.2) is 16.8 Å². The number of likely N-dealkylation sites (tertiary alicyclic amines) is 1. The van der Waals surface area contributed by atoms with Crippen LogP contribution in [0.1, 0.15) is 32.8 Å². The summed E-state index contributed by atoms with van der Waals surface area (Å²) in [7, 11) is 1.82. The Kier molecular flexibility index (Phi) is 5.11. The maximum absolute atomic E-state index is 12.3. The Bertz CT molecular complexity index is 522. The van der Waals surface area contributed by atoms with Gasteiger partial charge in [-0.15, -0.1) is 0 Å². The van der Waals surface area contributed by atoms with Gasteiger partial charge < -0.3 is 14.5 Å². The Morgan fingerprint density at radius 2 is 2.18 bits per heavy atom. The molecule has 1 atom stereocenters. The van der Waals surface area contributed by atoms with E-state index in [1.807, 2.05) is 44.6 Å². The summed E-state index contributed by atoms with van der Waals surface area (Å²) >= 11 is 1.59. The molecule has 0 unspecified atom stereocenters. The molecular weight excluding hydrogens is 300 g/mol. The average molecular weight is 324 g/mol. The monoisotopic (exact) mass is 324 g/mol. The van der Waals surface area contributed by atoms with Crippen LogP contribution in [0.5, 0.6) is 0 Å². The third-order valence-electron chi connectivity index (χ3n) is 3.69. The van der Waals surface area contributed by atoms with Crippen LogP contribution in [0.25, 0.3) is 0 Å². The van der Waals surface area contributed by atoms with Gasteiger partial charge in [0.1, 0.15) is 5.60 Å². The van der Waals surface area contributed by atoms with Gasteiger partial charge in [-0.25, -0.2) is 4.79 Å². The number of rotatable bonds is 3. The van der Waals surface area contributed by atoms with Gasteiger partial charge in [-0.05, 0) is 49.6 Å². The lowest BCUT2D eigenvalue weighted by molar-refractivity contribution is -0.131. The van der Waals surface area contributed by atoms with Crippen molar-refractivity contribution in [2.75, 3.05) is 20.1 Å². The van der Waals surface area contributed by atoms with E-state index in [0.29, 0.717) is 19.5 Å². The summed E-state index contributed by atoms with van der Waals surface area (Å²) in [5.41, 5.74) is 0.555. The summed E-state index contributed by atoms with van der Waals surface area (Å²) in [4.78, 5) is 27.8. The van der Waals surface area contributed by atoms with E-state index < -0.39 is 5.60 Å². The molecule has 122 valence electrons. The number of thiophene rings is 1. The molecule has 1 fully saturated rings. The molecule has 0 spiro atoms. The fourth-order valence-electron chi connectivity index (χ4n) is 2.45. The second-order valence-electron chi connectivity index (χ2n) is 6.68. The van der Waals surface area contributed by atoms with Crippen molar-refractivity contribution in [1.82, 2.24) is 9.80 Å². The van der Waals surface area contributed by atoms with E-state index in [9.17, 15) is 9.59 Å². The Morgan fingerprint density at radius 1 is 1.45 bits per heavy atom. The van der Waals surface area contributed by atoms with Gasteiger partial charge in [0, 0.05) is 20.1 Å². The lowest BCUT2D eigenvalue weighted by Gasteiger charge is -2.26. The molecule has 0 N–H and O–H groups in total. The SMILES string of the molecule is CN(C(=O)Cc1ccsc1)[C@H]1CCN(C(=O)OC(C)(C)C)C1. The van der Waals surface area contributed by atoms with Crippen molar-refractivity contribution in [3.8, 4) is 0 Å². The number of carbonyl (C=O) groups is 2. The minimum absolute atomic E-state index is 0.0682. The lowest BCUT2D eigenvalue weighted by atomic mass is 10.2. The molecule has 5 nitrogen and oxygen atoms in total. The fraction of sp³-hybridized carbons (Fsp3) is 0.625. The second kappa shape index (κ2) is 6.69. The van der Waals surface area contributed by atoms with Gasteiger partial charge in [0.2, 0.25) is 5.91 Å². The second-order valence-corrected chi connectivity index (χ2v) is 7.46. The molecule has 0 aromatic carbocycles. The van der Waals surface area contributed by atoms with Gasteiger partial charge in [-0.1, -0.05) is 0 Å². The molecule has 0 radical (unpaired) electrons. The first-order valence-corrected chi connectivity index (χ1v) is 8.45. The van der Waals surface area contributed by atoms with Gasteiger partial charge in [0.25, 0.3) is 0 Å². The predicted molar refractivity (Wildman–Crippen MR) is 87.0 cm³/mol. The van der Waals surface area contributed by atoms with Crippen LogP contribution in [0.2, 0.25) is 0 Å². The molecule has 1 aromatic rings. The molecule has 2 rings (SSSR count). The fourth-order valence-corrected chi connectivity index (χ4v) is 3.12. The zero-order valence-corrected chi connectivity index (χ0v) is 14.5. The van der Waals surface area contributed by atoms with Crippen molar-refractivity contribution >= 4 is 23.3 Å². The summed E-state index contributed by atoms with van der Waals surface area (Å²) in [5, 5.41) is 3.97. The number of hydrogen-bond acceptors (Lipinski definition) is 4. The highest BCUT2D eigenvalue weighted by molar-refractivity contribution is 7.07. The molecule has 1 aromatic heterocycles. The molecule has 0 saturated carbocycles. The molecule has 2 amide bonds. The highest BCUT2D eigenvalue weighted by Gasteiger charge is 2.33. The van der Waals surface area contributed by atoms with Crippen LogP contribution in [0, 0.1) is 0 Å². The van der Waals surface area contributed by atoms with Crippen molar-refractivity contribution in [1.29, 1.82) is 0 Å². The molecule has 6 heteroatoms. The number of ether oxygens (including phenoxy) is 1. The van der Waals surface area contributed by atoms with E-state index >= 15 is 0 Å². The van der Waals surface area contributed by atoms with E-state index in [1.54, 1.807) is 21.1 Å². The summed E-state index contributed by atoms with van der Waals surface area (Å²) in [5.74, 6) is 0.0921. The van der Waals surface area contributed by atoms with Gasteiger partial charge >= 0.3 is 6.09 Å². The number of carbonyl (C=O) groups excluding carboxylic acids is 2. The quantitative estimate of drug-likeness (QED) is 0.859. The maximum atomic E-state index is 12.3. The van der Waals surface area contributed by atoms with Crippen LogP contribution >= 0.6 is 11.3 Å². The largest absolute Gasteiger partial charge is 0.444 e. The van der Waals surface area contributed by atoms with E-state index in [4.69, 9.17) is 4.74 Å². The minimum Gasteiger partial charge on any atom is -0.444 e. The summed E-state index contributed by atoms with van der Waals surface area (Å²) < 4.78 is 5.38. The number of amides is 2. The first kappa shape index (κ1) is 16.8. The molecule has 2 heterocycles. The van der Waals surface area contributed by atoms with Crippen LogP contribution in [0.4, 0.5) is 4.79 Å². The predicted octanol–water partition coefficient (Wildman–Crippen LogP) is 2.76. The van der Waals surface area contributed by atoms with Crippen molar-refractivity contribution in [2.24, 2.45) is 0 Å². The first-order chi connectivity index (χ1) is 10.3. The Morgan fingerprint density at radius 3 is 2.77 bits per heavy atom. The first-order valence-electron chi connectivity index (χ1n) is 7.51. The van der Waals surface area contributed by atoms with Crippen LogP contribution in [-0.2, 0) is 16.0 Å². The van der Waals surface area contributed by atoms with Crippen molar-refractivity contribution in [3.05, 3.63) is 22.4 Å². The standard InChI is InChI=1S/C16H24N2O3S/c1-16(2,3)21-15(20)18-7-5-13(10-18)17(4)14(19)9-12-6-8-22-11-12/h6,8,11,13H,5,7,9-10H2,1-4H3/t13-/m0/s1. The summed E-state index contributed by atoms with van der Waals surface area (Å²) in [6, 6.07) is 2.04. The number of likely N-dealkylation sites (N-methyl/N-ethyl adjacent to an activating group) is 1. The molecule has 1 aliphatic rings. The highest BCUT2D eigenvalue weighted by Crippen LogP contribution is 2.19. The maximum Gasteiger partial charge on any atom is 0.410 e. The van der Waals surface area contributed by atoms with Gasteiger partial charge in [-0.3, -0.25) is 4.79 Å². The number of hydrogen-bond donors (Lipinski definition) is 0. The molecule has 0 bridgehead atoms. The van der Waals surface area contributed by atoms with Crippen LogP contribution < -0.4 is 0 Å². The normalized spacial score (nSPS) is 18.4. The van der Waals surface area contributed by atoms with Crippen molar-refractivity contribution in [3.63, 3.8) is 0 Å². The molecule has 22 heavy (non-hydrogen) atoms. The third kappa shape index (κ3) is 4.47. The molecular formula is C16H24N2O3S. The minimum atomic E-state index is -0.490. The average Bonchev–Trinajstić information content (AvgIpc) is 3.06. The topological polar surface area (TPSA) is 49.9 Å². The van der Waals surface area contributed by atoms with E-state index in [-0.39, 0.29) is 18.0 Å². The summed E-state index contributed by atoms with van der Waals surface area (Å²) in [6.07, 6.45) is 0.919. The van der Waals surface area contributed by atoms with Crippen LogP contribution in [0.3, 0.4) is 0 Å². The van der Waals surface area contributed by atoms with Gasteiger partial charge in [-0.2, -0.15) is 11.3 Å². The Labute approximate surface area is 135 Å². The van der Waals surface area contributed by atoms with Gasteiger partial charge in [0.05, 0.1) is 12.5 Å². The van der Waals surface area contributed by atoms with Crippen LogP contribution in [-0.4, -0.2) is 53.6 Å². The number of nitrogens with zero attached hydrogens (tertiary/aromatic N) is 2.